The summed E-state index contributed by atoms with van der Waals surface area (Å²) in [5.41, 5.74) is 1.49. The van der Waals surface area contributed by atoms with Crippen LogP contribution in [0.2, 0.25) is 0 Å². The van der Waals surface area contributed by atoms with Gasteiger partial charge in [-0.1, -0.05) is 6.92 Å². The fraction of sp³-hybridized carbons (Fsp3) is 0.714. The van der Waals surface area contributed by atoms with E-state index in [9.17, 15) is 0 Å². The summed E-state index contributed by atoms with van der Waals surface area (Å²) in [6, 6.07) is 3.14. The Hall–Kier alpha value is -0.380. The van der Waals surface area contributed by atoms with E-state index in [-0.39, 0.29) is 0 Å². The molecule has 1 aromatic rings. The smallest absolute Gasteiger partial charge is 0.0244 e. The van der Waals surface area contributed by atoms with Gasteiger partial charge in [0, 0.05) is 12.6 Å². The van der Waals surface area contributed by atoms with Gasteiger partial charge in [0.05, 0.1) is 0 Å². The lowest BCUT2D eigenvalue weighted by atomic mass is 10.3. The minimum Gasteiger partial charge on any atom is -0.317 e. The zero-order chi connectivity index (χ0) is 11.9. The summed E-state index contributed by atoms with van der Waals surface area (Å²) < 4.78 is 0. The molecule has 1 aliphatic carbocycles. The lowest BCUT2D eigenvalue weighted by Gasteiger charge is -2.21. The van der Waals surface area contributed by atoms with Crippen LogP contribution in [0.25, 0.3) is 0 Å². The minimum absolute atomic E-state index is 0.876. The van der Waals surface area contributed by atoms with Gasteiger partial charge < -0.3 is 5.32 Å². The van der Waals surface area contributed by atoms with Crippen LogP contribution in [0, 0.1) is 0 Å². The topological polar surface area (TPSA) is 15.3 Å². The molecule has 1 aromatic heterocycles. The Kier molecular flexibility index (Phi) is 5.49. The van der Waals surface area contributed by atoms with Gasteiger partial charge in [-0.25, -0.2) is 0 Å². The molecule has 1 N–H and O–H groups in total. The van der Waals surface area contributed by atoms with Crippen LogP contribution in [0.15, 0.2) is 16.8 Å². The first kappa shape index (κ1) is 13.1. The van der Waals surface area contributed by atoms with Crippen molar-refractivity contribution in [1.82, 2.24) is 10.2 Å². The van der Waals surface area contributed by atoms with Gasteiger partial charge >= 0.3 is 0 Å². The Balaban J connectivity index is 1.66. The summed E-state index contributed by atoms with van der Waals surface area (Å²) in [5, 5.41) is 7.95. The number of hydrogen-bond acceptors (Lipinski definition) is 3. The summed E-state index contributed by atoms with van der Waals surface area (Å²) in [7, 11) is 0. The highest BCUT2D eigenvalue weighted by Gasteiger charge is 2.28. The van der Waals surface area contributed by atoms with E-state index in [2.05, 4.69) is 34.0 Å². The molecule has 0 atom stereocenters. The summed E-state index contributed by atoms with van der Waals surface area (Å²) in [5.74, 6) is 0. The van der Waals surface area contributed by atoms with E-state index in [1.807, 2.05) is 11.3 Å². The molecular formula is C14H24N2S. The Labute approximate surface area is 109 Å². The van der Waals surface area contributed by atoms with Gasteiger partial charge in [-0.2, -0.15) is 11.3 Å². The first-order chi connectivity index (χ1) is 8.40. The van der Waals surface area contributed by atoms with Crippen LogP contribution >= 0.6 is 11.3 Å². The number of rotatable bonds is 9. The molecule has 1 heterocycles. The average Bonchev–Trinajstić information content (AvgIpc) is 3.06. The number of nitrogens with zero attached hydrogens (tertiary/aromatic N) is 1. The van der Waals surface area contributed by atoms with Gasteiger partial charge in [-0.15, -0.1) is 0 Å². The summed E-state index contributed by atoms with van der Waals surface area (Å²) in [6.07, 6.45) is 5.33. The van der Waals surface area contributed by atoms with Gasteiger partial charge in [0.2, 0.25) is 0 Å². The van der Waals surface area contributed by atoms with Crippen LogP contribution in [-0.4, -0.2) is 30.6 Å². The predicted octanol–water partition coefficient (Wildman–Crippen LogP) is 3.10. The molecule has 1 aliphatic rings. The van der Waals surface area contributed by atoms with E-state index < -0.39 is 0 Å². The van der Waals surface area contributed by atoms with E-state index >= 15 is 0 Å². The quantitative estimate of drug-likeness (QED) is 0.679. The molecule has 0 saturated heterocycles. The van der Waals surface area contributed by atoms with Crippen LogP contribution in [0.4, 0.5) is 0 Å². The standard InChI is InChI=1S/C14H24N2S/c1-2-7-15-8-3-9-16(14-4-5-14)11-13-6-10-17-12-13/h6,10,12,14-15H,2-5,7-9,11H2,1H3. The van der Waals surface area contributed by atoms with E-state index in [4.69, 9.17) is 0 Å². The van der Waals surface area contributed by atoms with Crippen molar-refractivity contribution in [1.29, 1.82) is 0 Å². The van der Waals surface area contributed by atoms with Gasteiger partial charge in [-0.3, -0.25) is 4.90 Å². The largest absolute Gasteiger partial charge is 0.317 e. The van der Waals surface area contributed by atoms with Crippen LogP contribution in [0.1, 0.15) is 38.2 Å². The van der Waals surface area contributed by atoms with Crippen molar-refractivity contribution in [2.45, 2.75) is 45.2 Å². The highest BCUT2D eigenvalue weighted by atomic mass is 32.1. The summed E-state index contributed by atoms with van der Waals surface area (Å²) in [4.78, 5) is 2.66. The summed E-state index contributed by atoms with van der Waals surface area (Å²) in [6.45, 7) is 6.95. The molecule has 0 aliphatic heterocycles. The fourth-order valence-electron chi connectivity index (χ4n) is 2.16. The first-order valence-corrected chi connectivity index (χ1v) is 7.80. The SMILES string of the molecule is CCCNCCCN(Cc1ccsc1)C1CC1. The zero-order valence-electron chi connectivity index (χ0n) is 10.8. The van der Waals surface area contributed by atoms with Crippen LogP contribution < -0.4 is 5.32 Å². The zero-order valence-corrected chi connectivity index (χ0v) is 11.6. The third-order valence-electron chi connectivity index (χ3n) is 3.25. The van der Waals surface area contributed by atoms with Crippen molar-refractivity contribution < 1.29 is 0 Å². The van der Waals surface area contributed by atoms with Crippen LogP contribution in [-0.2, 0) is 6.54 Å². The number of hydrogen-bond donors (Lipinski definition) is 1. The minimum atomic E-state index is 0.876. The third-order valence-corrected chi connectivity index (χ3v) is 3.99. The van der Waals surface area contributed by atoms with Crippen molar-refractivity contribution in [3.63, 3.8) is 0 Å². The molecule has 0 amide bonds. The second-order valence-corrected chi connectivity index (χ2v) is 5.72. The molecule has 0 bridgehead atoms. The molecule has 0 spiro atoms. The van der Waals surface area contributed by atoms with Crippen molar-refractivity contribution in [2.75, 3.05) is 19.6 Å². The predicted molar refractivity (Wildman–Crippen MR) is 75.5 cm³/mol. The molecule has 0 radical (unpaired) electrons. The fourth-order valence-corrected chi connectivity index (χ4v) is 2.82. The number of nitrogens with one attached hydrogen (secondary N) is 1. The third kappa shape index (κ3) is 4.78. The lowest BCUT2D eigenvalue weighted by Crippen LogP contribution is -2.29. The molecule has 3 heteroatoms. The Morgan fingerprint density at radius 3 is 2.94 bits per heavy atom. The van der Waals surface area contributed by atoms with E-state index in [0.29, 0.717) is 0 Å². The van der Waals surface area contributed by atoms with Crippen molar-refractivity contribution >= 4 is 11.3 Å². The molecule has 0 unspecified atom stereocenters. The van der Waals surface area contributed by atoms with Crippen molar-refractivity contribution in [3.05, 3.63) is 22.4 Å². The van der Waals surface area contributed by atoms with Crippen LogP contribution in [0.5, 0.6) is 0 Å². The van der Waals surface area contributed by atoms with Crippen molar-refractivity contribution in [3.8, 4) is 0 Å². The van der Waals surface area contributed by atoms with Crippen LogP contribution in [0.3, 0.4) is 0 Å². The lowest BCUT2D eigenvalue weighted by molar-refractivity contribution is 0.251. The molecular weight excluding hydrogens is 228 g/mol. The molecule has 1 fully saturated rings. The maximum atomic E-state index is 3.48. The Morgan fingerprint density at radius 1 is 1.41 bits per heavy atom. The van der Waals surface area contributed by atoms with Gasteiger partial charge in [0.25, 0.3) is 0 Å². The molecule has 96 valence electrons. The van der Waals surface area contributed by atoms with Gasteiger partial charge in [0.15, 0.2) is 0 Å². The van der Waals surface area contributed by atoms with Crippen molar-refractivity contribution in [2.24, 2.45) is 0 Å². The number of thiophene rings is 1. The molecule has 0 aromatic carbocycles. The Bertz CT molecular complexity index is 293. The first-order valence-electron chi connectivity index (χ1n) is 6.86. The second-order valence-electron chi connectivity index (χ2n) is 4.94. The highest BCUT2D eigenvalue weighted by molar-refractivity contribution is 7.07. The van der Waals surface area contributed by atoms with E-state index in [1.165, 1.54) is 44.3 Å². The molecule has 17 heavy (non-hydrogen) atoms. The maximum Gasteiger partial charge on any atom is 0.0244 e. The normalized spacial score (nSPS) is 15.6. The average molecular weight is 252 g/mol. The van der Waals surface area contributed by atoms with E-state index in [1.54, 1.807) is 0 Å². The summed E-state index contributed by atoms with van der Waals surface area (Å²) >= 11 is 1.81. The maximum absolute atomic E-state index is 3.48. The van der Waals surface area contributed by atoms with Gasteiger partial charge in [0.1, 0.15) is 0 Å². The monoisotopic (exact) mass is 252 g/mol. The second kappa shape index (κ2) is 7.14. The molecule has 1 saturated carbocycles. The Morgan fingerprint density at radius 2 is 2.29 bits per heavy atom. The van der Waals surface area contributed by atoms with Gasteiger partial charge in [-0.05, 0) is 67.7 Å². The van der Waals surface area contributed by atoms with E-state index in [0.717, 1.165) is 19.1 Å². The molecule has 2 rings (SSSR count). The molecule has 2 nitrogen and oxygen atoms in total. The highest BCUT2D eigenvalue weighted by Crippen LogP contribution is 2.28.